The first-order chi connectivity index (χ1) is 8.83. The lowest BCUT2D eigenvalue weighted by Crippen LogP contribution is -2.16. The van der Waals surface area contributed by atoms with E-state index in [2.05, 4.69) is 22.2 Å². The minimum absolute atomic E-state index is 0.572. The highest BCUT2D eigenvalue weighted by atomic mass is 16.5. The molecule has 0 aliphatic rings. The number of ether oxygens (including phenoxy) is 2. The summed E-state index contributed by atoms with van der Waals surface area (Å²) in [5.74, 6) is 1.14. The molecule has 0 bridgehead atoms. The van der Waals surface area contributed by atoms with Crippen molar-refractivity contribution in [2.24, 2.45) is 0 Å². The van der Waals surface area contributed by atoms with Gasteiger partial charge in [0.25, 0.3) is 0 Å². The second-order valence-electron chi connectivity index (χ2n) is 4.11. The van der Waals surface area contributed by atoms with Crippen molar-refractivity contribution in [3.63, 3.8) is 0 Å². The molecular formula is C13H23N3O2. The van der Waals surface area contributed by atoms with Gasteiger partial charge < -0.3 is 14.8 Å². The van der Waals surface area contributed by atoms with Crippen LogP contribution in [0.15, 0.2) is 6.33 Å². The van der Waals surface area contributed by atoms with Crippen LogP contribution < -0.4 is 14.8 Å². The fourth-order valence-corrected chi connectivity index (χ4v) is 1.77. The summed E-state index contributed by atoms with van der Waals surface area (Å²) in [7, 11) is 3.21. The lowest BCUT2D eigenvalue weighted by Gasteiger charge is -2.11. The van der Waals surface area contributed by atoms with Crippen LogP contribution in [0.25, 0.3) is 0 Å². The monoisotopic (exact) mass is 253 g/mol. The Morgan fingerprint density at radius 1 is 1.06 bits per heavy atom. The number of nitrogens with zero attached hydrogens (tertiary/aromatic N) is 2. The van der Waals surface area contributed by atoms with Gasteiger partial charge in [-0.2, -0.15) is 0 Å². The maximum Gasteiger partial charge on any atom is 0.224 e. The summed E-state index contributed by atoms with van der Waals surface area (Å²) in [6.07, 6.45) is 6.45. The lowest BCUT2D eigenvalue weighted by atomic mass is 10.2. The number of nitrogens with one attached hydrogen (secondary N) is 1. The predicted molar refractivity (Wildman–Crippen MR) is 71.0 cm³/mol. The summed E-state index contributed by atoms with van der Waals surface area (Å²) < 4.78 is 10.4. The molecule has 0 aliphatic heterocycles. The van der Waals surface area contributed by atoms with Crippen molar-refractivity contribution in [3.05, 3.63) is 11.9 Å². The fraction of sp³-hybridized carbons (Fsp3) is 0.692. The normalized spacial score (nSPS) is 10.4. The minimum Gasteiger partial charge on any atom is -0.481 e. The van der Waals surface area contributed by atoms with Crippen LogP contribution in [0, 0.1) is 0 Å². The van der Waals surface area contributed by atoms with Gasteiger partial charge in [-0.1, -0.05) is 26.2 Å². The molecule has 1 aromatic heterocycles. The molecule has 0 saturated heterocycles. The Morgan fingerprint density at radius 3 is 2.28 bits per heavy atom. The minimum atomic E-state index is 0.572. The van der Waals surface area contributed by atoms with Crippen LogP contribution >= 0.6 is 0 Å². The van der Waals surface area contributed by atoms with E-state index in [1.165, 1.54) is 32.0 Å². The highest BCUT2D eigenvalue weighted by molar-refractivity contribution is 5.34. The first kappa shape index (κ1) is 14.7. The highest BCUT2D eigenvalue weighted by Gasteiger charge is 2.11. The van der Waals surface area contributed by atoms with Crippen LogP contribution in [-0.2, 0) is 6.54 Å². The molecule has 0 atom stereocenters. The number of aromatic nitrogens is 2. The van der Waals surface area contributed by atoms with Gasteiger partial charge in [0.15, 0.2) is 0 Å². The van der Waals surface area contributed by atoms with Crippen LogP contribution in [0.4, 0.5) is 0 Å². The number of methoxy groups -OCH3 is 2. The molecule has 0 fully saturated rings. The smallest absolute Gasteiger partial charge is 0.224 e. The molecule has 0 unspecified atom stereocenters. The van der Waals surface area contributed by atoms with E-state index in [1.807, 2.05) is 0 Å². The summed E-state index contributed by atoms with van der Waals surface area (Å²) in [6.45, 7) is 3.87. The van der Waals surface area contributed by atoms with Gasteiger partial charge in [-0.15, -0.1) is 0 Å². The number of hydrogen-bond donors (Lipinski definition) is 1. The zero-order chi connectivity index (χ0) is 13.2. The van der Waals surface area contributed by atoms with Gasteiger partial charge >= 0.3 is 0 Å². The van der Waals surface area contributed by atoms with E-state index in [9.17, 15) is 0 Å². The summed E-state index contributed by atoms with van der Waals surface area (Å²) in [5.41, 5.74) is 0.873. The van der Waals surface area contributed by atoms with Gasteiger partial charge in [0.05, 0.1) is 19.8 Å². The van der Waals surface area contributed by atoms with Gasteiger partial charge in [0, 0.05) is 6.54 Å². The van der Waals surface area contributed by atoms with Crippen molar-refractivity contribution in [2.75, 3.05) is 20.8 Å². The van der Waals surface area contributed by atoms with E-state index < -0.39 is 0 Å². The van der Waals surface area contributed by atoms with E-state index in [-0.39, 0.29) is 0 Å². The largest absolute Gasteiger partial charge is 0.481 e. The second kappa shape index (κ2) is 8.69. The number of rotatable bonds is 9. The predicted octanol–water partition coefficient (Wildman–Crippen LogP) is 2.16. The first-order valence-electron chi connectivity index (χ1n) is 6.46. The maximum atomic E-state index is 5.21. The van der Waals surface area contributed by atoms with E-state index in [0.717, 1.165) is 12.1 Å². The summed E-state index contributed by atoms with van der Waals surface area (Å²) in [5, 5.41) is 3.37. The van der Waals surface area contributed by atoms with E-state index in [4.69, 9.17) is 9.47 Å². The third-order valence-corrected chi connectivity index (χ3v) is 2.76. The van der Waals surface area contributed by atoms with Crippen molar-refractivity contribution < 1.29 is 9.47 Å². The van der Waals surface area contributed by atoms with E-state index in [0.29, 0.717) is 18.3 Å². The summed E-state index contributed by atoms with van der Waals surface area (Å²) >= 11 is 0. The summed E-state index contributed by atoms with van der Waals surface area (Å²) in [6, 6.07) is 0. The molecule has 18 heavy (non-hydrogen) atoms. The molecule has 1 heterocycles. The third-order valence-electron chi connectivity index (χ3n) is 2.76. The average Bonchev–Trinajstić information content (AvgIpc) is 2.42. The topological polar surface area (TPSA) is 56.3 Å². The van der Waals surface area contributed by atoms with Gasteiger partial charge in [0.1, 0.15) is 6.33 Å². The van der Waals surface area contributed by atoms with Crippen LogP contribution in [0.2, 0.25) is 0 Å². The molecule has 0 radical (unpaired) electrons. The highest BCUT2D eigenvalue weighted by Crippen LogP contribution is 2.22. The number of hydrogen-bond acceptors (Lipinski definition) is 5. The second-order valence-corrected chi connectivity index (χ2v) is 4.11. The Labute approximate surface area is 109 Å². The Hall–Kier alpha value is -1.36. The van der Waals surface area contributed by atoms with Crippen molar-refractivity contribution in [1.29, 1.82) is 0 Å². The molecule has 1 aromatic rings. The van der Waals surface area contributed by atoms with Crippen molar-refractivity contribution in [3.8, 4) is 11.8 Å². The Morgan fingerprint density at radius 2 is 1.72 bits per heavy atom. The van der Waals surface area contributed by atoms with Gasteiger partial charge in [-0.25, -0.2) is 9.97 Å². The van der Waals surface area contributed by atoms with Crippen LogP contribution in [0.5, 0.6) is 11.8 Å². The van der Waals surface area contributed by atoms with Gasteiger partial charge in [0.2, 0.25) is 11.8 Å². The lowest BCUT2D eigenvalue weighted by molar-refractivity contribution is 0.359. The molecule has 102 valence electrons. The average molecular weight is 253 g/mol. The molecule has 0 aromatic carbocycles. The molecule has 1 N–H and O–H groups in total. The summed E-state index contributed by atoms with van der Waals surface area (Å²) in [4.78, 5) is 8.16. The van der Waals surface area contributed by atoms with Crippen molar-refractivity contribution in [2.45, 2.75) is 39.2 Å². The van der Waals surface area contributed by atoms with Gasteiger partial charge in [-0.05, 0) is 13.0 Å². The zero-order valence-corrected chi connectivity index (χ0v) is 11.5. The molecule has 5 heteroatoms. The zero-order valence-electron chi connectivity index (χ0n) is 11.5. The molecule has 0 saturated carbocycles. The van der Waals surface area contributed by atoms with E-state index in [1.54, 1.807) is 14.2 Å². The molecule has 0 amide bonds. The quantitative estimate of drug-likeness (QED) is 0.683. The molecule has 0 spiro atoms. The SMILES string of the molecule is CCCCCCNCc1c(OC)ncnc1OC. The number of unbranched alkanes of at least 4 members (excludes halogenated alkanes) is 3. The van der Waals surface area contributed by atoms with Crippen LogP contribution in [0.1, 0.15) is 38.2 Å². The third kappa shape index (κ3) is 4.49. The molecule has 0 aliphatic carbocycles. The van der Waals surface area contributed by atoms with Crippen LogP contribution in [0.3, 0.4) is 0 Å². The van der Waals surface area contributed by atoms with Gasteiger partial charge in [-0.3, -0.25) is 0 Å². The van der Waals surface area contributed by atoms with Crippen molar-refractivity contribution in [1.82, 2.24) is 15.3 Å². The Bertz CT molecular complexity index is 323. The van der Waals surface area contributed by atoms with E-state index >= 15 is 0 Å². The Kier molecular flexibility index (Phi) is 7.10. The fourth-order valence-electron chi connectivity index (χ4n) is 1.77. The van der Waals surface area contributed by atoms with Crippen LogP contribution in [-0.4, -0.2) is 30.7 Å². The van der Waals surface area contributed by atoms with Crippen molar-refractivity contribution >= 4 is 0 Å². The molecule has 1 rings (SSSR count). The molecule has 5 nitrogen and oxygen atoms in total. The standard InChI is InChI=1S/C13H23N3O2/c1-4-5-6-7-8-14-9-11-12(17-2)15-10-16-13(11)18-3/h10,14H,4-9H2,1-3H3. The first-order valence-corrected chi connectivity index (χ1v) is 6.46. The molecular weight excluding hydrogens is 230 g/mol. The maximum absolute atomic E-state index is 5.21. The Balaban J connectivity index is 2.45.